The molecule has 0 N–H and O–H groups in total. The predicted molar refractivity (Wildman–Crippen MR) is 108 cm³/mol. The normalized spacial score (nSPS) is 18.0. The van der Waals surface area contributed by atoms with Gasteiger partial charge in [0.05, 0.1) is 4.90 Å². The van der Waals surface area contributed by atoms with Crippen molar-refractivity contribution in [2.24, 2.45) is 0 Å². The van der Waals surface area contributed by atoms with Crippen molar-refractivity contribution in [1.29, 1.82) is 0 Å². The SMILES string of the molecule is CC(=O)N1CCc2cc(S(=O)(=O)N3CCCN(c4ccccn4)CC3)ccc21. The number of hydrogen-bond acceptors (Lipinski definition) is 5. The zero-order valence-corrected chi connectivity index (χ0v) is 16.7. The molecule has 0 aliphatic carbocycles. The number of carbonyl (C=O) groups excluding carboxylic acids is 1. The third-order valence-corrected chi connectivity index (χ3v) is 7.29. The number of pyridine rings is 1. The highest BCUT2D eigenvalue weighted by molar-refractivity contribution is 7.89. The summed E-state index contributed by atoms with van der Waals surface area (Å²) in [5.74, 6) is 0.861. The third kappa shape index (κ3) is 3.49. The topological polar surface area (TPSA) is 73.8 Å². The van der Waals surface area contributed by atoms with Crippen LogP contribution in [0.1, 0.15) is 18.9 Å². The minimum absolute atomic E-state index is 0.0171. The highest BCUT2D eigenvalue weighted by Crippen LogP contribution is 2.31. The Hall–Kier alpha value is -2.45. The summed E-state index contributed by atoms with van der Waals surface area (Å²) in [5.41, 5.74) is 1.74. The first-order chi connectivity index (χ1) is 13.5. The van der Waals surface area contributed by atoms with Crippen LogP contribution in [-0.4, -0.2) is 56.3 Å². The fraction of sp³-hybridized carbons (Fsp3) is 0.400. The van der Waals surface area contributed by atoms with Gasteiger partial charge in [-0.2, -0.15) is 4.31 Å². The summed E-state index contributed by atoms with van der Waals surface area (Å²) in [4.78, 5) is 20.2. The maximum Gasteiger partial charge on any atom is 0.243 e. The van der Waals surface area contributed by atoms with Crippen molar-refractivity contribution in [3.8, 4) is 0 Å². The molecular weight excluding hydrogens is 376 g/mol. The number of sulfonamides is 1. The van der Waals surface area contributed by atoms with Crippen molar-refractivity contribution in [1.82, 2.24) is 9.29 Å². The maximum absolute atomic E-state index is 13.2. The molecule has 8 heteroatoms. The number of nitrogens with zero attached hydrogens (tertiary/aromatic N) is 4. The number of amides is 1. The van der Waals surface area contributed by atoms with Gasteiger partial charge in [-0.1, -0.05) is 6.07 Å². The van der Waals surface area contributed by atoms with E-state index in [2.05, 4.69) is 9.88 Å². The Morgan fingerprint density at radius 3 is 2.64 bits per heavy atom. The second-order valence-corrected chi connectivity index (χ2v) is 9.08. The van der Waals surface area contributed by atoms with E-state index < -0.39 is 10.0 Å². The number of aromatic nitrogens is 1. The number of benzene rings is 1. The van der Waals surface area contributed by atoms with Gasteiger partial charge in [0, 0.05) is 51.5 Å². The van der Waals surface area contributed by atoms with Crippen LogP contribution in [0, 0.1) is 0 Å². The van der Waals surface area contributed by atoms with Gasteiger partial charge in [-0.3, -0.25) is 4.79 Å². The summed E-state index contributed by atoms with van der Waals surface area (Å²) in [7, 11) is -3.57. The second kappa shape index (κ2) is 7.52. The largest absolute Gasteiger partial charge is 0.355 e. The first kappa shape index (κ1) is 18.9. The van der Waals surface area contributed by atoms with E-state index >= 15 is 0 Å². The van der Waals surface area contributed by atoms with Gasteiger partial charge in [-0.05, 0) is 48.7 Å². The van der Waals surface area contributed by atoms with Crippen molar-refractivity contribution >= 4 is 27.4 Å². The second-order valence-electron chi connectivity index (χ2n) is 7.14. The van der Waals surface area contributed by atoms with Gasteiger partial charge in [0.15, 0.2) is 0 Å². The molecular formula is C20H24N4O3S. The molecule has 0 spiro atoms. The van der Waals surface area contributed by atoms with Crippen LogP contribution in [0.4, 0.5) is 11.5 Å². The monoisotopic (exact) mass is 400 g/mol. The van der Waals surface area contributed by atoms with E-state index in [0.717, 1.165) is 30.0 Å². The molecule has 1 amide bonds. The van der Waals surface area contributed by atoms with Crippen molar-refractivity contribution in [3.05, 3.63) is 48.2 Å². The highest BCUT2D eigenvalue weighted by Gasteiger charge is 2.30. The lowest BCUT2D eigenvalue weighted by atomic mass is 10.2. The van der Waals surface area contributed by atoms with Crippen molar-refractivity contribution in [2.75, 3.05) is 42.5 Å². The molecule has 0 bridgehead atoms. The summed E-state index contributed by atoms with van der Waals surface area (Å²) in [6.07, 6.45) is 3.19. The molecule has 0 radical (unpaired) electrons. The average Bonchev–Trinajstić information content (AvgIpc) is 2.96. The van der Waals surface area contributed by atoms with Gasteiger partial charge >= 0.3 is 0 Å². The fourth-order valence-corrected chi connectivity index (χ4v) is 5.44. The number of anilines is 2. The van der Waals surface area contributed by atoms with Gasteiger partial charge in [-0.15, -0.1) is 0 Å². The lowest BCUT2D eigenvalue weighted by molar-refractivity contribution is -0.116. The molecule has 2 aromatic rings. The third-order valence-electron chi connectivity index (χ3n) is 5.39. The predicted octanol–water partition coefficient (Wildman–Crippen LogP) is 1.89. The summed E-state index contributed by atoms with van der Waals surface area (Å²) >= 11 is 0. The van der Waals surface area contributed by atoms with E-state index in [0.29, 0.717) is 37.5 Å². The quantitative estimate of drug-likeness (QED) is 0.787. The van der Waals surface area contributed by atoms with Gasteiger partial charge in [0.25, 0.3) is 0 Å². The summed E-state index contributed by atoms with van der Waals surface area (Å²) in [6, 6.07) is 10.9. The number of rotatable bonds is 3. The fourth-order valence-electron chi connectivity index (χ4n) is 3.92. The van der Waals surface area contributed by atoms with E-state index in [1.807, 2.05) is 18.2 Å². The molecule has 28 heavy (non-hydrogen) atoms. The van der Waals surface area contributed by atoms with Crippen LogP contribution in [0.15, 0.2) is 47.5 Å². The summed E-state index contributed by atoms with van der Waals surface area (Å²) in [5, 5.41) is 0. The first-order valence-corrected chi connectivity index (χ1v) is 11.0. The Balaban J connectivity index is 1.53. The molecule has 148 valence electrons. The smallest absolute Gasteiger partial charge is 0.243 e. The van der Waals surface area contributed by atoms with E-state index in [4.69, 9.17) is 0 Å². The Bertz CT molecular complexity index is 978. The van der Waals surface area contributed by atoms with Crippen LogP contribution in [-0.2, 0) is 21.2 Å². The Kier molecular flexibility index (Phi) is 5.07. The number of carbonyl (C=O) groups is 1. The minimum Gasteiger partial charge on any atom is -0.355 e. The van der Waals surface area contributed by atoms with Crippen LogP contribution in [0.3, 0.4) is 0 Å². The average molecular weight is 401 g/mol. The van der Waals surface area contributed by atoms with Crippen LogP contribution in [0.2, 0.25) is 0 Å². The van der Waals surface area contributed by atoms with Gasteiger partial charge in [0.2, 0.25) is 15.9 Å². The number of fused-ring (bicyclic) bond motifs is 1. The molecule has 2 aliphatic rings. The van der Waals surface area contributed by atoms with Crippen LogP contribution >= 0.6 is 0 Å². The van der Waals surface area contributed by atoms with E-state index in [1.165, 1.54) is 6.92 Å². The molecule has 0 saturated carbocycles. The molecule has 4 rings (SSSR count). The molecule has 0 unspecified atom stereocenters. The number of hydrogen-bond donors (Lipinski definition) is 0. The van der Waals surface area contributed by atoms with Crippen LogP contribution in [0.25, 0.3) is 0 Å². The van der Waals surface area contributed by atoms with Crippen molar-refractivity contribution in [3.63, 3.8) is 0 Å². The zero-order valence-electron chi connectivity index (χ0n) is 15.9. The zero-order chi connectivity index (χ0) is 19.7. The highest BCUT2D eigenvalue weighted by atomic mass is 32.2. The molecule has 1 saturated heterocycles. The lowest BCUT2D eigenvalue weighted by Gasteiger charge is -2.23. The molecule has 1 fully saturated rings. The lowest BCUT2D eigenvalue weighted by Crippen LogP contribution is -2.35. The minimum atomic E-state index is -3.57. The van der Waals surface area contributed by atoms with Crippen molar-refractivity contribution in [2.45, 2.75) is 24.7 Å². The summed E-state index contributed by atoms with van der Waals surface area (Å²) < 4.78 is 28.0. The Morgan fingerprint density at radius 1 is 1.04 bits per heavy atom. The van der Waals surface area contributed by atoms with Crippen LogP contribution in [0.5, 0.6) is 0 Å². The van der Waals surface area contributed by atoms with E-state index in [9.17, 15) is 13.2 Å². The molecule has 1 aromatic carbocycles. The van der Waals surface area contributed by atoms with Crippen LogP contribution < -0.4 is 9.80 Å². The summed E-state index contributed by atoms with van der Waals surface area (Å²) in [6.45, 7) is 4.44. The van der Waals surface area contributed by atoms with E-state index in [-0.39, 0.29) is 5.91 Å². The molecule has 3 heterocycles. The molecule has 7 nitrogen and oxygen atoms in total. The van der Waals surface area contributed by atoms with Gasteiger partial charge in [-0.25, -0.2) is 13.4 Å². The first-order valence-electron chi connectivity index (χ1n) is 9.54. The molecule has 0 atom stereocenters. The molecule has 2 aliphatic heterocycles. The Labute approximate surface area is 165 Å². The van der Waals surface area contributed by atoms with E-state index in [1.54, 1.807) is 33.6 Å². The molecule has 1 aromatic heterocycles. The maximum atomic E-state index is 13.2. The standard InChI is InChI=1S/C20H24N4O3S/c1-16(25)24-12-8-17-15-18(6-7-19(17)24)28(26,27)23-11-4-10-22(13-14-23)20-5-2-3-9-21-20/h2-3,5-7,9,15H,4,8,10-14H2,1H3. The van der Waals surface area contributed by atoms with Gasteiger partial charge in [0.1, 0.15) is 5.82 Å². The van der Waals surface area contributed by atoms with Crippen molar-refractivity contribution < 1.29 is 13.2 Å². The van der Waals surface area contributed by atoms with Gasteiger partial charge < -0.3 is 9.80 Å². The Morgan fingerprint density at radius 2 is 1.89 bits per heavy atom.